The summed E-state index contributed by atoms with van der Waals surface area (Å²) >= 11 is 16.5. The highest BCUT2D eigenvalue weighted by atomic mass is 79.9. The van der Waals surface area contributed by atoms with Crippen LogP contribution in [-0.4, -0.2) is 22.0 Å². The molecule has 0 spiro atoms. The fourth-order valence-electron chi connectivity index (χ4n) is 3.01. The number of amides is 2. The fraction of sp³-hybridized carbons (Fsp3) is 0.0417. The van der Waals surface area contributed by atoms with E-state index in [1.165, 1.54) is 0 Å². The first kappa shape index (κ1) is 23.6. The van der Waals surface area contributed by atoms with Gasteiger partial charge in [-0.1, -0.05) is 57.3 Å². The molecule has 0 aromatic heterocycles. The number of rotatable bonds is 5. The maximum Gasteiger partial charge on any atom is 0.343 e. The number of thioether (sulfide) groups is 1. The number of ether oxygens (including phenoxy) is 1. The van der Waals surface area contributed by atoms with Crippen LogP contribution in [0.5, 0.6) is 5.75 Å². The van der Waals surface area contributed by atoms with Crippen molar-refractivity contribution in [1.29, 1.82) is 0 Å². The third-order valence-corrected chi connectivity index (χ3v) is 6.86. The van der Waals surface area contributed by atoms with Gasteiger partial charge >= 0.3 is 5.97 Å². The van der Waals surface area contributed by atoms with E-state index < -0.39 is 17.1 Å². The molecule has 1 saturated heterocycles. The molecule has 5 nitrogen and oxygen atoms in total. The highest BCUT2D eigenvalue weighted by Crippen LogP contribution is 2.35. The van der Waals surface area contributed by atoms with Crippen molar-refractivity contribution in [2.24, 2.45) is 0 Å². The van der Waals surface area contributed by atoms with Crippen LogP contribution in [0.2, 0.25) is 10.0 Å². The van der Waals surface area contributed by atoms with E-state index in [2.05, 4.69) is 15.9 Å². The molecule has 33 heavy (non-hydrogen) atoms. The van der Waals surface area contributed by atoms with Gasteiger partial charge in [-0.3, -0.25) is 14.5 Å². The quantitative estimate of drug-likeness (QED) is 0.187. The van der Waals surface area contributed by atoms with Crippen molar-refractivity contribution in [3.8, 4) is 5.75 Å². The third-order valence-electron chi connectivity index (χ3n) is 4.72. The van der Waals surface area contributed by atoms with Crippen LogP contribution in [0, 0.1) is 0 Å². The van der Waals surface area contributed by atoms with E-state index in [1.807, 2.05) is 0 Å². The van der Waals surface area contributed by atoms with Gasteiger partial charge in [-0.15, -0.1) is 0 Å². The molecular weight excluding hydrogens is 549 g/mol. The molecule has 1 heterocycles. The Kier molecular flexibility index (Phi) is 7.24. The normalized spacial score (nSPS) is 14.8. The molecule has 1 fully saturated rings. The Balaban J connectivity index is 1.45. The van der Waals surface area contributed by atoms with E-state index in [4.69, 9.17) is 27.9 Å². The minimum Gasteiger partial charge on any atom is -0.423 e. The monoisotopic (exact) mass is 561 g/mol. The summed E-state index contributed by atoms with van der Waals surface area (Å²) in [7, 11) is 0. The van der Waals surface area contributed by atoms with Crippen LogP contribution >= 0.6 is 50.9 Å². The molecule has 0 bridgehead atoms. The van der Waals surface area contributed by atoms with Gasteiger partial charge in [0.2, 0.25) is 0 Å². The Morgan fingerprint density at radius 2 is 1.61 bits per heavy atom. The number of benzene rings is 3. The standard InChI is InChI=1S/C24H14BrCl2NO4S/c25-16-8-6-15(7-9-16)23(30)32-17-10-4-14(5-11-17)12-21-22(29)28(24(31)33-21)13-18-19(26)2-1-3-20(18)27/h1-12H,13H2/b21-12-. The average molecular weight is 563 g/mol. The summed E-state index contributed by atoms with van der Waals surface area (Å²) in [6.07, 6.45) is 1.61. The van der Waals surface area contributed by atoms with Gasteiger partial charge in [-0.2, -0.15) is 0 Å². The molecule has 2 amide bonds. The van der Waals surface area contributed by atoms with Crippen molar-refractivity contribution in [2.75, 3.05) is 0 Å². The Bertz CT molecular complexity index is 1260. The predicted molar refractivity (Wildman–Crippen MR) is 134 cm³/mol. The second-order valence-corrected chi connectivity index (χ2v) is 9.66. The highest BCUT2D eigenvalue weighted by Gasteiger charge is 2.35. The summed E-state index contributed by atoms with van der Waals surface area (Å²) in [6.45, 7) is -0.00847. The molecule has 9 heteroatoms. The molecule has 166 valence electrons. The average Bonchev–Trinajstić information content (AvgIpc) is 3.05. The Morgan fingerprint density at radius 3 is 2.24 bits per heavy atom. The van der Waals surface area contributed by atoms with Crippen LogP contribution in [0.25, 0.3) is 6.08 Å². The van der Waals surface area contributed by atoms with Gasteiger partial charge in [-0.05, 0) is 71.9 Å². The molecule has 0 saturated carbocycles. The van der Waals surface area contributed by atoms with Gasteiger partial charge in [0.1, 0.15) is 5.75 Å². The van der Waals surface area contributed by atoms with Crippen molar-refractivity contribution in [3.05, 3.63) is 103 Å². The maximum absolute atomic E-state index is 12.8. The van der Waals surface area contributed by atoms with Crippen LogP contribution in [0.3, 0.4) is 0 Å². The zero-order valence-corrected chi connectivity index (χ0v) is 20.7. The van der Waals surface area contributed by atoms with Crippen LogP contribution in [0.1, 0.15) is 21.5 Å². The molecule has 1 aliphatic rings. The van der Waals surface area contributed by atoms with Crippen LogP contribution in [-0.2, 0) is 11.3 Å². The lowest BCUT2D eigenvalue weighted by atomic mass is 10.2. The van der Waals surface area contributed by atoms with Gasteiger partial charge in [-0.25, -0.2) is 4.79 Å². The predicted octanol–water partition coefficient (Wildman–Crippen LogP) is 7.21. The van der Waals surface area contributed by atoms with Crippen LogP contribution < -0.4 is 4.74 Å². The summed E-state index contributed by atoms with van der Waals surface area (Å²) in [5, 5.41) is 0.375. The van der Waals surface area contributed by atoms with Crippen LogP contribution in [0.4, 0.5) is 4.79 Å². The second kappa shape index (κ2) is 10.1. The summed E-state index contributed by atoms with van der Waals surface area (Å²) in [5.74, 6) is -0.539. The lowest BCUT2D eigenvalue weighted by Gasteiger charge is -2.14. The number of hydrogen-bond acceptors (Lipinski definition) is 5. The molecule has 0 aliphatic carbocycles. The maximum atomic E-state index is 12.8. The van der Waals surface area contributed by atoms with Gasteiger partial charge in [0.15, 0.2) is 0 Å². The number of carbonyl (C=O) groups excluding carboxylic acids is 3. The van der Waals surface area contributed by atoms with Gasteiger partial charge in [0.05, 0.1) is 17.0 Å². The molecule has 3 aromatic carbocycles. The van der Waals surface area contributed by atoms with Crippen molar-refractivity contribution >= 4 is 74.1 Å². The number of nitrogens with zero attached hydrogens (tertiary/aromatic N) is 1. The molecular formula is C24H14BrCl2NO4S. The minimum atomic E-state index is -0.477. The molecule has 1 aliphatic heterocycles. The topological polar surface area (TPSA) is 63.7 Å². The largest absolute Gasteiger partial charge is 0.423 e. The molecule has 3 aromatic rings. The lowest BCUT2D eigenvalue weighted by Crippen LogP contribution is -2.27. The van der Waals surface area contributed by atoms with E-state index in [9.17, 15) is 14.4 Å². The zero-order chi connectivity index (χ0) is 23.5. The first-order valence-corrected chi connectivity index (χ1v) is 11.9. The van der Waals surface area contributed by atoms with Crippen molar-refractivity contribution in [3.63, 3.8) is 0 Å². The lowest BCUT2D eigenvalue weighted by molar-refractivity contribution is -0.123. The SMILES string of the molecule is O=C(Oc1ccc(/C=C2\SC(=O)N(Cc3c(Cl)cccc3Cl)C2=O)cc1)c1ccc(Br)cc1. The van der Waals surface area contributed by atoms with Crippen LogP contribution in [0.15, 0.2) is 76.1 Å². The van der Waals surface area contributed by atoms with E-state index in [-0.39, 0.29) is 11.4 Å². The van der Waals surface area contributed by atoms with Crippen molar-refractivity contribution in [2.45, 2.75) is 6.54 Å². The molecule has 0 N–H and O–H groups in total. The number of imide groups is 1. The number of carbonyl (C=O) groups is 3. The van der Waals surface area contributed by atoms with E-state index in [1.54, 1.807) is 72.8 Å². The first-order chi connectivity index (χ1) is 15.8. The second-order valence-electron chi connectivity index (χ2n) is 6.93. The fourth-order valence-corrected chi connectivity index (χ4v) is 4.63. The summed E-state index contributed by atoms with van der Waals surface area (Å²) in [5.41, 5.74) is 1.62. The molecule has 4 rings (SSSR count). The Labute approximate surface area is 212 Å². The molecule has 0 radical (unpaired) electrons. The number of hydrogen-bond donors (Lipinski definition) is 0. The summed E-state index contributed by atoms with van der Waals surface area (Å²) < 4.78 is 6.24. The van der Waals surface area contributed by atoms with Crippen molar-refractivity contribution < 1.29 is 19.1 Å². The smallest absolute Gasteiger partial charge is 0.343 e. The highest BCUT2D eigenvalue weighted by molar-refractivity contribution is 9.10. The van der Waals surface area contributed by atoms with Crippen molar-refractivity contribution in [1.82, 2.24) is 4.90 Å². The van der Waals surface area contributed by atoms with Gasteiger partial charge in [0, 0.05) is 20.1 Å². The summed E-state index contributed by atoms with van der Waals surface area (Å²) in [6, 6.07) is 18.5. The third kappa shape index (κ3) is 5.50. The zero-order valence-electron chi connectivity index (χ0n) is 16.8. The Hall–Kier alpha value is -2.58. The van der Waals surface area contributed by atoms with Gasteiger partial charge < -0.3 is 4.74 Å². The summed E-state index contributed by atoms with van der Waals surface area (Å²) in [4.78, 5) is 38.9. The first-order valence-electron chi connectivity index (χ1n) is 9.58. The Morgan fingerprint density at radius 1 is 0.970 bits per heavy atom. The van der Waals surface area contributed by atoms with E-state index in [0.717, 1.165) is 21.1 Å². The molecule has 0 atom stereocenters. The van der Waals surface area contributed by atoms with E-state index >= 15 is 0 Å². The number of halogens is 3. The molecule has 0 unspecified atom stereocenters. The number of esters is 1. The van der Waals surface area contributed by atoms with Gasteiger partial charge in [0.25, 0.3) is 11.1 Å². The minimum absolute atomic E-state index is 0.00847. The van der Waals surface area contributed by atoms with E-state index in [0.29, 0.717) is 32.5 Å².